The first-order valence-electron chi connectivity index (χ1n) is 6.98. The molecule has 2 aromatic rings. The van der Waals surface area contributed by atoms with Gasteiger partial charge in [-0.2, -0.15) is 0 Å². The maximum absolute atomic E-state index is 14.1. The highest BCUT2D eigenvalue weighted by molar-refractivity contribution is 6.21. The summed E-state index contributed by atoms with van der Waals surface area (Å²) in [5, 5.41) is 0. The number of hydrogen-bond acceptors (Lipinski definition) is 3. The van der Waals surface area contributed by atoms with E-state index in [9.17, 15) is 14.0 Å². The van der Waals surface area contributed by atoms with Crippen LogP contribution in [0.1, 0.15) is 44.8 Å². The highest BCUT2D eigenvalue weighted by atomic mass is 19.1. The first-order chi connectivity index (χ1) is 10.5. The molecule has 0 unspecified atom stereocenters. The Balaban J connectivity index is 2.00. The molecule has 1 heterocycles. The molecule has 0 bridgehead atoms. The molecule has 0 saturated heterocycles. The van der Waals surface area contributed by atoms with E-state index in [1.54, 1.807) is 43.3 Å². The molecule has 0 aliphatic carbocycles. The molecule has 0 fully saturated rings. The van der Waals surface area contributed by atoms with E-state index >= 15 is 0 Å². The summed E-state index contributed by atoms with van der Waals surface area (Å²) in [7, 11) is 0. The van der Waals surface area contributed by atoms with Crippen molar-refractivity contribution in [2.45, 2.75) is 19.5 Å². The number of benzene rings is 2. The largest absolute Gasteiger partial charge is 0.324 e. The average Bonchev–Trinajstić information content (AvgIpc) is 2.74. The van der Waals surface area contributed by atoms with E-state index in [1.165, 1.54) is 6.07 Å². The van der Waals surface area contributed by atoms with Gasteiger partial charge in [-0.1, -0.05) is 24.3 Å². The first kappa shape index (κ1) is 14.4. The van der Waals surface area contributed by atoms with Gasteiger partial charge >= 0.3 is 0 Å². The van der Waals surface area contributed by atoms with Gasteiger partial charge in [0.1, 0.15) is 5.82 Å². The molecule has 5 heteroatoms. The summed E-state index contributed by atoms with van der Waals surface area (Å²) >= 11 is 0. The molecular formula is C17H15FN2O2. The van der Waals surface area contributed by atoms with Gasteiger partial charge in [0.15, 0.2) is 0 Å². The molecule has 0 radical (unpaired) electrons. The molecule has 1 atom stereocenters. The van der Waals surface area contributed by atoms with Crippen LogP contribution in [0.5, 0.6) is 0 Å². The number of imide groups is 1. The van der Waals surface area contributed by atoms with Crippen LogP contribution in [-0.2, 0) is 6.54 Å². The standard InChI is InChI=1S/C17H15FN2O2/c1-10(19)11-7-4-8-15(18)14(11)9-20-16(21)12-5-2-3-6-13(12)17(20)22/h2-8,10H,9,19H2,1H3/t10-/m0/s1. The van der Waals surface area contributed by atoms with Crippen LogP contribution < -0.4 is 5.73 Å². The lowest BCUT2D eigenvalue weighted by Gasteiger charge is -2.19. The Kier molecular flexibility index (Phi) is 3.50. The van der Waals surface area contributed by atoms with Gasteiger partial charge in [-0.05, 0) is 30.7 Å². The number of fused-ring (bicyclic) bond motifs is 1. The van der Waals surface area contributed by atoms with Gasteiger partial charge < -0.3 is 5.73 Å². The van der Waals surface area contributed by atoms with Crippen LogP contribution in [0.3, 0.4) is 0 Å². The third-order valence-electron chi connectivity index (χ3n) is 3.84. The van der Waals surface area contributed by atoms with E-state index in [2.05, 4.69) is 0 Å². The molecule has 22 heavy (non-hydrogen) atoms. The fourth-order valence-corrected chi connectivity index (χ4v) is 2.71. The van der Waals surface area contributed by atoms with Gasteiger partial charge in [-0.3, -0.25) is 14.5 Å². The van der Waals surface area contributed by atoms with E-state index in [0.29, 0.717) is 16.7 Å². The SMILES string of the molecule is C[C@H](N)c1cccc(F)c1CN1C(=O)c2ccccc2C1=O. The molecule has 2 aromatic carbocycles. The zero-order valence-electron chi connectivity index (χ0n) is 12.0. The van der Waals surface area contributed by atoms with Gasteiger partial charge in [-0.25, -0.2) is 4.39 Å². The Morgan fingerprint density at radius 1 is 1.05 bits per heavy atom. The highest BCUT2D eigenvalue weighted by Gasteiger charge is 2.35. The number of hydrogen-bond donors (Lipinski definition) is 1. The Morgan fingerprint density at radius 2 is 1.64 bits per heavy atom. The molecule has 0 saturated carbocycles. The maximum Gasteiger partial charge on any atom is 0.261 e. The number of nitrogens with zero attached hydrogens (tertiary/aromatic N) is 1. The van der Waals surface area contributed by atoms with Crippen LogP contribution in [0.4, 0.5) is 4.39 Å². The van der Waals surface area contributed by atoms with E-state index in [-0.39, 0.29) is 18.2 Å². The van der Waals surface area contributed by atoms with Gasteiger partial charge in [0.25, 0.3) is 11.8 Å². The molecule has 2 amide bonds. The minimum atomic E-state index is -0.466. The summed E-state index contributed by atoms with van der Waals surface area (Å²) in [5.74, 6) is -1.27. The highest BCUT2D eigenvalue weighted by Crippen LogP contribution is 2.27. The van der Waals surface area contributed by atoms with Crippen molar-refractivity contribution in [3.63, 3.8) is 0 Å². The molecule has 1 aliphatic rings. The van der Waals surface area contributed by atoms with Crippen molar-refractivity contribution in [2.24, 2.45) is 5.73 Å². The Hall–Kier alpha value is -2.53. The lowest BCUT2D eigenvalue weighted by atomic mass is 10.0. The number of carbonyl (C=O) groups is 2. The molecule has 112 valence electrons. The lowest BCUT2D eigenvalue weighted by Crippen LogP contribution is -2.30. The fraction of sp³-hybridized carbons (Fsp3) is 0.176. The normalized spacial score (nSPS) is 15.1. The zero-order valence-corrected chi connectivity index (χ0v) is 12.0. The molecule has 3 rings (SSSR count). The van der Waals surface area contributed by atoms with Crippen LogP contribution >= 0.6 is 0 Å². The number of carbonyl (C=O) groups excluding carboxylic acids is 2. The number of rotatable bonds is 3. The third kappa shape index (κ3) is 2.19. The molecule has 4 nitrogen and oxygen atoms in total. The van der Waals surface area contributed by atoms with Crippen molar-refractivity contribution in [1.29, 1.82) is 0 Å². The van der Waals surface area contributed by atoms with E-state index in [1.807, 2.05) is 0 Å². The monoisotopic (exact) mass is 298 g/mol. The van der Waals surface area contributed by atoms with E-state index in [0.717, 1.165) is 4.90 Å². The predicted octanol–water partition coefficient (Wildman–Crippen LogP) is 2.64. The van der Waals surface area contributed by atoms with Gasteiger partial charge in [0.05, 0.1) is 17.7 Å². The second-order valence-electron chi connectivity index (χ2n) is 5.34. The van der Waals surface area contributed by atoms with Crippen LogP contribution in [0.15, 0.2) is 42.5 Å². The average molecular weight is 298 g/mol. The van der Waals surface area contributed by atoms with Crippen molar-refractivity contribution >= 4 is 11.8 Å². The summed E-state index contributed by atoms with van der Waals surface area (Å²) in [4.78, 5) is 25.8. The van der Waals surface area contributed by atoms with Gasteiger partial charge in [0.2, 0.25) is 0 Å². The minimum absolute atomic E-state index is 0.115. The molecule has 1 aliphatic heterocycles. The van der Waals surface area contributed by atoms with Crippen molar-refractivity contribution in [3.05, 3.63) is 70.5 Å². The van der Waals surface area contributed by atoms with Crippen LogP contribution in [0, 0.1) is 5.82 Å². The summed E-state index contributed by atoms with van der Waals surface area (Å²) in [6.07, 6.45) is 0. The maximum atomic E-state index is 14.1. The smallest absolute Gasteiger partial charge is 0.261 e. The van der Waals surface area contributed by atoms with Crippen LogP contribution in [0.25, 0.3) is 0 Å². The zero-order chi connectivity index (χ0) is 15.9. The van der Waals surface area contributed by atoms with Crippen LogP contribution in [0.2, 0.25) is 0 Å². The van der Waals surface area contributed by atoms with Crippen molar-refractivity contribution < 1.29 is 14.0 Å². The molecular weight excluding hydrogens is 283 g/mol. The van der Waals surface area contributed by atoms with Crippen LogP contribution in [-0.4, -0.2) is 16.7 Å². The quantitative estimate of drug-likeness (QED) is 0.886. The second kappa shape index (κ2) is 5.35. The minimum Gasteiger partial charge on any atom is -0.324 e. The predicted molar refractivity (Wildman–Crippen MR) is 79.6 cm³/mol. The Labute approximate surface area is 127 Å². The van der Waals surface area contributed by atoms with Gasteiger partial charge in [0, 0.05) is 11.6 Å². The number of amides is 2. The van der Waals surface area contributed by atoms with E-state index in [4.69, 9.17) is 5.73 Å². The fourth-order valence-electron chi connectivity index (χ4n) is 2.71. The summed E-state index contributed by atoms with van der Waals surface area (Å²) in [6, 6.07) is 10.8. The Bertz CT molecular complexity index is 736. The lowest BCUT2D eigenvalue weighted by molar-refractivity contribution is 0.0640. The topological polar surface area (TPSA) is 63.4 Å². The number of halogens is 1. The van der Waals surface area contributed by atoms with Crippen molar-refractivity contribution in [1.82, 2.24) is 4.90 Å². The van der Waals surface area contributed by atoms with Crippen molar-refractivity contribution in [2.75, 3.05) is 0 Å². The third-order valence-corrected chi connectivity index (χ3v) is 3.84. The Morgan fingerprint density at radius 3 is 2.18 bits per heavy atom. The van der Waals surface area contributed by atoms with Crippen molar-refractivity contribution in [3.8, 4) is 0 Å². The number of nitrogens with two attached hydrogens (primary N) is 1. The molecule has 0 aromatic heterocycles. The molecule has 2 N–H and O–H groups in total. The summed E-state index contributed by atoms with van der Waals surface area (Å²) in [5.41, 5.74) is 7.44. The summed E-state index contributed by atoms with van der Waals surface area (Å²) < 4.78 is 14.1. The summed E-state index contributed by atoms with van der Waals surface area (Å²) in [6.45, 7) is 1.62. The molecule has 0 spiro atoms. The second-order valence-corrected chi connectivity index (χ2v) is 5.34. The van der Waals surface area contributed by atoms with Gasteiger partial charge in [-0.15, -0.1) is 0 Å². The van der Waals surface area contributed by atoms with E-state index < -0.39 is 17.6 Å². The first-order valence-corrected chi connectivity index (χ1v) is 6.98.